The second-order valence-corrected chi connectivity index (χ2v) is 7.79. The van der Waals surface area contributed by atoms with Crippen LogP contribution in [0.25, 0.3) is 0 Å². The maximum atomic E-state index is 12.2. The molecule has 1 heterocycles. The number of carbonyl (C=O) groups is 2. The van der Waals surface area contributed by atoms with Crippen LogP contribution in [0.4, 0.5) is 4.79 Å². The normalized spacial score (nSPS) is 16.7. The number of hydrogen-bond donors (Lipinski definition) is 0. The van der Waals surface area contributed by atoms with E-state index in [9.17, 15) is 9.59 Å². The molecular weight excluding hydrogens is 346 g/mol. The molecule has 1 fully saturated rings. The quantitative estimate of drug-likeness (QED) is 0.703. The van der Waals surface area contributed by atoms with Crippen LogP contribution in [-0.4, -0.2) is 47.9 Å². The molecule has 0 aliphatic carbocycles. The molecule has 1 unspecified atom stereocenters. The zero-order valence-corrected chi connectivity index (χ0v) is 16.8. The highest BCUT2D eigenvalue weighted by atomic mass is 16.6. The fourth-order valence-electron chi connectivity index (χ4n) is 2.90. The lowest BCUT2D eigenvalue weighted by molar-refractivity contribution is -0.174. The van der Waals surface area contributed by atoms with Crippen molar-refractivity contribution in [1.29, 1.82) is 0 Å². The summed E-state index contributed by atoms with van der Waals surface area (Å²) < 4.78 is 16.7. The van der Waals surface area contributed by atoms with Crippen molar-refractivity contribution in [2.45, 2.75) is 71.4 Å². The number of nitrogens with zero attached hydrogens (tertiary/aromatic N) is 1. The van der Waals surface area contributed by atoms with Gasteiger partial charge in [0.15, 0.2) is 6.10 Å². The summed E-state index contributed by atoms with van der Waals surface area (Å²) in [6, 6.07) is 9.61. The van der Waals surface area contributed by atoms with Crippen molar-refractivity contribution in [3.8, 4) is 0 Å². The molecule has 2 rings (SSSR count). The number of benzene rings is 1. The summed E-state index contributed by atoms with van der Waals surface area (Å²) in [5.41, 5.74) is 0.437. The van der Waals surface area contributed by atoms with Crippen molar-refractivity contribution in [2.24, 2.45) is 0 Å². The Labute approximate surface area is 161 Å². The van der Waals surface area contributed by atoms with Crippen molar-refractivity contribution in [2.75, 3.05) is 13.1 Å². The minimum absolute atomic E-state index is 0.0550. The molecule has 1 aromatic rings. The zero-order valence-electron chi connectivity index (χ0n) is 16.8. The van der Waals surface area contributed by atoms with Gasteiger partial charge in [0, 0.05) is 13.1 Å². The third kappa shape index (κ3) is 7.21. The van der Waals surface area contributed by atoms with E-state index in [0.29, 0.717) is 32.4 Å². The van der Waals surface area contributed by atoms with Crippen molar-refractivity contribution in [3.63, 3.8) is 0 Å². The molecule has 0 spiro atoms. The summed E-state index contributed by atoms with van der Waals surface area (Å²) in [6.07, 6.45) is 0.996. The SMILES string of the molecule is CCC(OC1CCN(C(=O)OCc2ccccc2)CC1)C(=O)OC(C)(C)C. The molecule has 0 radical (unpaired) electrons. The molecular formula is C21H31NO5. The molecule has 0 aromatic heterocycles. The third-order valence-electron chi connectivity index (χ3n) is 4.30. The first-order valence-corrected chi connectivity index (χ1v) is 9.62. The number of esters is 1. The lowest BCUT2D eigenvalue weighted by atomic mass is 10.1. The third-order valence-corrected chi connectivity index (χ3v) is 4.30. The van der Waals surface area contributed by atoms with Gasteiger partial charge in [-0.3, -0.25) is 0 Å². The first kappa shape index (κ1) is 21.2. The highest BCUT2D eigenvalue weighted by molar-refractivity contribution is 5.75. The van der Waals surface area contributed by atoms with Crippen molar-refractivity contribution < 1.29 is 23.8 Å². The van der Waals surface area contributed by atoms with Crippen LogP contribution in [0.2, 0.25) is 0 Å². The maximum absolute atomic E-state index is 12.2. The molecule has 1 saturated heterocycles. The molecule has 1 atom stereocenters. The second-order valence-electron chi connectivity index (χ2n) is 7.79. The van der Waals surface area contributed by atoms with Gasteiger partial charge in [0.1, 0.15) is 12.2 Å². The Morgan fingerprint density at radius 3 is 2.33 bits per heavy atom. The number of hydrogen-bond acceptors (Lipinski definition) is 5. The molecule has 0 bridgehead atoms. The van der Waals surface area contributed by atoms with E-state index in [4.69, 9.17) is 14.2 Å². The van der Waals surface area contributed by atoms with Crippen LogP contribution >= 0.6 is 0 Å². The lowest BCUT2D eigenvalue weighted by Gasteiger charge is -2.33. The number of carbonyl (C=O) groups excluding carboxylic acids is 2. The molecule has 1 aliphatic rings. The first-order valence-electron chi connectivity index (χ1n) is 9.62. The first-order chi connectivity index (χ1) is 12.8. The Hall–Kier alpha value is -2.08. The van der Waals surface area contributed by atoms with Crippen LogP contribution < -0.4 is 0 Å². The summed E-state index contributed by atoms with van der Waals surface area (Å²) in [4.78, 5) is 26.1. The van der Waals surface area contributed by atoms with E-state index in [1.54, 1.807) is 4.90 Å². The largest absolute Gasteiger partial charge is 0.458 e. The molecule has 0 saturated carbocycles. The van der Waals surface area contributed by atoms with E-state index in [0.717, 1.165) is 5.56 Å². The Morgan fingerprint density at radius 2 is 1.78 bits per heavy atom. The standard InChI is InChI=1S/C21H31NO5/c1-5-18(19(23)27-21(2,3)4)26-17-11-13-22(14-12-17)20(24)25-15-16-9-7-6-8-10-16/h6-10,17-18H,5,11-15H2,1-4H3. The minimum Gasteiger partial charge on any atom is -0.458 e. The molecule has 1 amide bonds. The molecule has 6 heteroatoms. The van der Waals surface area contributed by atoms with Crippen LogP contribution in [-0.2, 0) is 25.6 Å². The molecule has 150 valence electrons. The Balaban J connectivity index is 1.75. The van der Waals surface area contributed by atoms with Gasteiger partial charge in [-0.1, -0.05) is 37.3 Å². The molecule has 1 aliphatic heterocycles. The molecule has 0 N–H and O–H groups in total. The summed E-state index contributed by atoms with van der Waals surface area (Å²) in [5.74, 6) is -0.324. The van der Waals surface area contributed by atoms with Crippen LogP contribution in [0, 0.1) is 0 Å². The lowest BCUT2D eigenvalue weighted by Crippen LogP contribution is -2.43. The number of rotatable bonds is 6. The van der Waals surface area contributed by atoms with Crippen LogP contribution in [0.1, 0.15) is 52.5 Å². The second kappa shape index (κ2) is 9.74. The van der Waals surface area contributed by atoms with Gasteiger partial charge in [0.2, 0.25) is 0 Å². The van der Waals surface area contributed by atoms with Gasteiger partial charge >= 0.3 is 12.1 Å². The summed E-state index contributed by atoms with van der Waals surface area (Å²) in [6.45, 7) is 8.83. The predicted molar refractivity (Wildman–Crippen MR) is 102 cm³/mol. The number of piperidine rings is 1. The Bertz CT molecular complexity index is 603. The van der Waals surface area contributed by atoms with Crippen molar-refractivity contribution in [1.82, 2.24) is 4.90 Å². The number of likely N-dealkylation sites (tertiary alicyclic amines) is 1. The monoisotopic (exact) mass is 377 g/mol. The van der Waals surface area contributed by atoms with Crippen LogP contribution in [0.3, 0.4) is 0 Å². The fraction of sp³-hybridized carbons (Fsp3) is 0.619. The molecule has 27 heavy (non-hydrogen) atoms. The van der Waals surface area contributed by atoms with Gasteiger partial charge in [0.05, 0.1) is 6.10 Å². The summed E-state index contributed by atoms with van der Waals surface area (Å²) in [7, 11) is 0. The average Bonchev–Trinajstić information content (AvgIpc) is 2.64. The van der Waals surface area contributed by atoms with Gasteiger partial charge in [-0.05, 0) is 45.6 Å². The predicted octanol–water partition coefficient (Wildman–Crippen LogP) is 3.92. The Kier molecular flexibility index (Phi) is 7.66. The van der Waals surface area contributed by atoms with Gasteiger partial charge < -0.3 is 19.1 Å². The van der Waals surface area contributed by atoms with Gasteiger partial charge in [-0.15, -0.1) is 0 Å². The summed E-state index contributed by atoms with van der Waals surface area (Å²) in [5, 5.41) is 0. The number of amides is 1. The molecule has 1 aromatic carbocycles. The van der Waals surface area contributed by atoms with Crippen molar-refractivity contribution in [3.05, 3.63) is 35.9 Å². The van der Waals surface area contributed by atoms with Crippen LogP contribution in [0.15, 0.2) is 30.3 Å². The highest BCUT2D eigenvalue weighted by Gasteiger charge is 2.30. The summed E-state index contributed by atoms with van der Waals surface area (Å²) >= 11 is 0. The number of ether oxygens (including phenoxy) is 3. The van der Waals surface area contributed by atoms with Gasteiger partial charge in [0.25, 0.3) is 0 Å². The van der Waals surface area contributed by atoms with E-state index in [1.165, 1.54) is 0 Å². The fourth-order valence-corrected chi connectivity index (χ4v) is 2.90. The van der Waals surface area contributed by atoms with E-state index in [2.05, 4.69) is 0 Å². The minimum atomic E-state index is -0.564. The highest BCUT2D eigenvalue weighted by Crippen LogP contribution is 2.19. The van der Waals surface area contributed by atoms with E-state index < -0.39 is 11.7 Å². The van der Waals surface area contributed by atoms with Gasteiger partial charge in [-0.25, -0.2) is 9.59 Å². The smallest absolute Gasteiger partial charge is 0.410 e. The Morgan fingerprint density at radius 1 is 1.15 bits per heavy atom. The zero-order chi connectivity index (χ0) is 19.9. The molecule has 6 nitrogen and oxygen atoms in total. The van der Waals surface area contributed by atoms with Gasteiger partial charge in [-0.2, -0.15) is 0 Å². The van der Waals surface area contributed by atoms with E-state index in [-0.39, 0.29) is 24.8 Å². The van der Waals surface area contributed by atoms with Crippen molar-refractivity contribution >= 4 is 12.1 Å². The topological polar surface area (TPSA) is 65.1 Å². The average molecular weight is 377 g/mol. The van der Waals surface area contributed by atoms with E-state index in [1.807, 2.05) is 58.0 Å². The maximum Gasteiger partial charge on any atom is 0.410 e. The van der Waals surface area contributed by atoms with E-state index >= 15 is 0 Å². The van der Waals surface area contributed by atoms with Crippen LogP contribution in [0.5, 0.6) is 0 Å².